The second kappa shape index (κ2) is 15.4. The van der Waals surface area contributed by atoms with E-state index in [4.69, 9.17) is 16.6 Å². The van der Waals surface area contributed by atoms with Gasteiger partial charge in [0.2, 0.25) is 17.7 Å². The zero-order valence-corrected chi connectivity index (χ0v) is 17.7. The van der Waals surface area contributed by atoms with Gasteiger partial charge in [-0.05, 0) is 44.2 Å². The summed E-state index contributed by atoms with van der Waals surface area (Å²) in [5.74, 6) is -2.14. The summed E-state index contributed by atoms with van der Waals surface area (Å²) in [5.41, 5.74) is 11.0. The minimum absolute atomic E-state index is 0.123. The first kappa shape index (κ1) is 26.5. The van der Waals surface area contributed by atoms with Gasteiger partial charge >= 0.3 is 5.97 Å². The highest BCUT2D eigenvalue weighted by molar-refractivity contribution is 7.98. The van der Waals surface area contributed by atoms with Crippen molar-refractivity contribution in [3.63, 3.8) is 0 Å². The number of carbonyl (C=O) groups is 4. The third-order valence-corrected chi connectivity index (χ3v) is 4.82. The van der Waals surface area contributed by atoms with Gasteiger partial charge in [-0.1, -0.05) is 0 Å². The topological polar surface area (TPSA) is 177 Å². The van der Waals surface area contributed by atoms with Crippen LogP contribution < -0.4 is 27.4 Å². The Morgan fingerprint density at radius 3 is 2.29 bits per heavy atom. The van der Waals surface area contributed by atoms with E-state index in [0.717, 1.165) is 0 Å². The summed E-state index contributed by atoms with van der Waals surface area (Å²) in [7, 11) is 0. The molecular formula is C16H31N5O5S2. The number of rotatable bonds is 15. The highest BCUT2D eigenvalue weighted by Crippen LogP contribution is 2.03. The Balaban J connectivity index is 4.70. The van der Waals surface area contributed by atoms with Crippen molar-refractivity contribution in [2.45, 2.75) is 43.8 Å². The van der Waals surface area contributed by atoms with Gasteiger partial charge in [-0.3, -0.25) is 14.4 Å². The Labute approximate surface area is 174 Å². The number of unbranched alkanes of at least 4 members (excludes halogenated alkanes) is 1. The average Bonchev–Trinajstić information content (AvgIpc) is 2.67. The van der Waals surface area contributed by atoms with Crippen LogP contribution in [0.15, 0.2) is 0 Å². The number of hydrogen-bond acceptors (Lipinski definition) is 8. The minimum Gasteiger partial charge on any atom is -0.480 e. The number of amides is 3. The number of aliphatic carboxylic acids is 1. The second-order valence-electron chi connectivity index (χ2n) is 6.09. The quantitative estimate of drug-likeness (QED) is 0.117. The van der Waals surface area contributed by atoms with Crippen molar-refractivity contribution in [1.29, 1.82) is 0 Å². The average molecular weight is 438 g/mol. The van der Waals surface area contributed by atoms with Crippen LogP contribution in [0.4, 0.5) is 0 Å². The van der Waals surface area contributed by atoms with Crippen molar-refractivity contribution in [3.05, 3.63) is 0 Å². The zero-order chi connectivity index (χ0) is 21.5. The maximum atomic E-state index is 12.4. The van der Waals surface area contributed by atoms with Crippen LogP contribution in [0.2, 0.25) is 0 Å². The first-order valence-corrected chi connectivity index (χ1v) is 10.9. The minimum atomic E-state index is -1.14. The lowest BCUT2D eigenvalue weighted by molar-refractivity contribution is -0.141. The number of thioether (sulfide) groups is 1. The molecule has 0 aliphatic rings. The molecule has 3 unspecified atom stereocenters. The van der Waals surface area contributed by atoms with Crippen LogP contribution in [0.5, 0.6) is 0 Å². The van der Waals surface area contributed by atoms with Crippen molar-refractivity contribution in [2.75, 3.05) is 30.9 Å². The molecule has 0 aromatic carbocycles. The molecule has 12 heteroatoms. The van der Waals surface area contributed by atoms with E-state index in [2.05, 4.69) is 28.6 Å². The number of thiol groups is 1. The summed E-state index contributed by atoms with van der Waals surface area (Å²) in [6.45, 7) is 0.0528. The number of hydrogen-bond donors (Lipinski definition) is 7. The molecule has 10 nitrogen and oxygen atoms in total. The van der Waals surface area contributed by atoms with Crippen molar-refractivity contribution < 1.29 is 24.3 Å². The molecule has 3 amide bonds. The molecule has 0 aliphatic carbocycles. The highest BCUT2D eigenvalue weighted by atomic mass is 32.2. The molecule has 0 radical (unpaired) electrons. The molecule has 0 heterocycles. The Morgan fingerprint density at radius 1 is 1.07 bits per heavy atom. The summed E-state index contributed by atoms with van der Waals surface area (Å²) in [5, 5.41) is 16.4. The van der Waals surface area contributed by atoms with Crippen molar-refractivity contribution in [1.82, 2.24) is 16.0 Å². The molecule has 8 N–H and O–H groups in total. The highest BCUT2D eigenvalue weighted by Gasteiger charge is 2.24. The molecule has 0 bridgehead atoms. The maximum Gasteiger partial charge on any atom is 0.326 e. The van der Waals surface area contributed by atoms with Crippen LogP contribution in [0.3, 0.4) is 0 Å². The van der Waals surface area contributed by atoms with E-state index in [1.54, 1.807) is 0 Å². The first-order valence-electron chi connectivity index (χ1n) is 8.92. The third kappa shape index (κ3) is 11.4. The molecule has 3 atom stereocenters. The number of nitrogens with one attached hydrogen (secondary N) is 3. The number of carboxylic acid groups (broad SMARTS) is 1. The number of carboxylic acids is 1. The Morgan fingerprint density at radius 2 is 1.75 bits per heavy atom. The number of nitrogens with two attached hydrogens (primary N) is 2. The largest absolute Gasteiger partial charge is 0.480 e. The molecule has 0 spiro atoms. The summed E-state index contributed by atoms with van der Waals surface area (Å²) in [6, 6.07) is -2.75. The van der Waals surface area contributed by atoms with E-state index in [1.165, 1.54) is 11.8 Å². The monoisotopic (exact) mass is 437 g/mol. The van der Waals surface area contributed by atoms with Gasteiger partial charge in [0.15, 0.2) is 0 Å². The van der Waals surface area contributed by atoms with Gasteiger partial charge < -0.3 is 32.5 Å². The molecule has 0 rings (SSSR count). The van der Waals surface area contributed by atoms with Gasteiger partial charge in [0.05, 0.1) is 12.6 Å². The van der Waals surface area contributed by atoms with Crippen molar-refractivity contribution >= 4 is 48.1 Å². The fourth-order valence-corrected chi connectivity index (χ4v) is 2.79. The first-order chi connectivity index (χ1) is 13.3. The molecule has 0 aliphatic heterocycles. The summed E-state index contributed by atoms with van der Waals surface area (Å²) in [6.07, 6.45) is 3.72. The maximum absolute atomic E-state index is 12.4. The lowest BCUT2D eigenvalue weighted by Gasteiger charge is -2.20. The predicted molar refractivity (Wildman–Crippen MR) is 112 cm³/mol. The standard InChI is InChI=1S/C16H31N5O5S2/c1-28-7-5-12(16(25)26)20-13(22)8-19-15(24)11(4-2-3-6-17)21-14(23)10(18)9-27/h10-12,27H,2-9,17-18H2,1H3,(H,19,24)(H,20,22)(H,21,23)(H,25,26). The molecule has 0 saturated carbocycles. The molecular weight excluding hydrogens is 406 g/mol. The van der Waals surface area contributed by atoms with Crippen LogP contribution >= 0.6 is 24.4 Å². The van der Waals surface area contributed by atoms with E-state index in [-0.39, 0.29) is 12.2 Å². The van der Waals surface area contributed by atoms with Gasteiger partial charge in [-0.15, -0.1) is 0 Å². The van der Waals surface area contributed by atoms with E-state index in [1.807, 2.05) is 6.26 Å². The van der Waals surface area contributed by atoms with E-state index < -0.39 is 48.4 Å². The fourth-order valence-electron chi connectivity index (χ4n) is 2.15. The van der Waals surface area contributed by atoms with Gasteiger partial charge in [-0.2, -0.15) is 24.4 Å². The molecule has 0 saturated heterocycles. The lowest BCUT2D eigenvalue weighted by Crippen LogP contribution is -2.53. The predicted octanol–water partition coefficient (Wildman–Crippen LogP) is -1.70. The molecule has 0 aromatic rings. The number of carbonyl (C=O) groups excluding carboxylic acids is 3. The second-order valence-corrected chi connectivity index (χ2v) is 7.44. The molecule has 28 heavy (non-hydrogen) atoms. The zero-order valence-electron chi connectivity index (χ0n) is 16.0. The van der Waals surface area contributed by atoms with Gasteiger partial charge in [0.25, 0.3) is 0 Å². The van der Waals surface area contributed by atoms with Gasteiger partial charge in [-0.25, -0.2) is 4.79 Å². The fraction of sp³-hybridized carbons (Fsp3) is 0.750. The summed E-state index contributed by atoms with van der Waals surface area (Å²) in [4.78, 5) is 47.4. The SMILES string of the molecule is CSCCC(NC(=O)CNC(=O)C(CCCCN)NC(=O)C(N)CS)C(=O)O. The lowest BCUT2D eigenvalue weighted by atomic mass is 10.1. The Kier molecular flexibility index (Phi) is 14.6. The molecule has 0 fully saturated rings. The van der Waals surface area contributed by atoms with Crippen molar-refractivity contribution in [2.24, 2.45) is 11.5 Å². The van der Waals surface area contributed by atoms with Crippen molar-refractivity contribution in [3.8, 4) is 0 Å². The molecule has 162 valence electrons. The van der Waals surface area contributed by atoms with Gasteiger partial charge in [0, 0.05) is 5.75 Å². The van der Waals surface area contributed by atoms with Crippen LogP contribution in [-0.2, 0) is 19.2 Å². The molecule has 0 aromatic heterocycles. The Hall–Kier alpha value is -1.50. The van der Waals surface area contributed by atoms with E-state index >= 15 is 0 Å². The summed E-state index contributed by atoms with van der Waals surface area (Å²) < 4.78 is 0. The van der Waals surface area contributed by atoms with Crippen LogP contribution in [0.25, 0.3) is 0 Å². The third-order valence-electron chi connectivity index (χ3n) is 3.78. The van der Waals surface area contributed by atoms with Gasteiger partial charge in [0.1, 0.15) is 12.1 Å². The normalized spacial score (nSPS) is 13.9. The summed E-state index contributed by atoms with van der Waals surface area (Å²) >= 11 is 5.42. The van der Waals surface area contributed by atoms with E-state index in [9.17, 15) is 19.2 Å². The van der Waals surface area contributed by atoms with Crippen LogP contribution in [-0.4, -0.2) is 77.8 Å². The van der Waals surface area contributed by atoms with Crippen LogP contribution in [0, 0.1) is 0 Å². The van der Waals surface area contributed by atoms with Crippen LogP contribution in [0.1, 0.15) is 25.7 Å². The smallest absolute Gasteiger partial charge is 0.326 e. The van der Waals surface area contributed by atoms with E-state index in [0.29, 0.717) is 31.6 Å². The Bertz CT molecular complexity index is 524.